The van der Waals surface area contributed by atoms with Gasteiger partial charge in [-0.3, -0.25) is 4.68 Å². The van der Waals surface area contributed by atoms with Gasteiger partial charge >= 0.3 is 0 Å². The van der Waals surface area contributed by atoms with Gasteiger partial charge in [0.15, 0.2) is 0 Å². The number of nitrogens with zero attached hydrogens (tertiary/aromatic N) is 2. The van der Waals surface area contributed by atoms with E-state index in [1.807, 2.05) is 19.1 Å². The molecule has 1 N–H and O–H groups in total. The first-order chi connectivity index (χ1) is 9.13. The summed E-state index contributed by atoms with van der Waals surface area (Å²) >= 11 is 6.09. The van der Waals surface area contributed by atoms with Crippen LogP contribution < -0.4 is 0 Å². The molecule has 1 unspecified atom stereocenters. The molecule has 0 fully saturated rings. The molecule has 4 heteroatoms. The van der Waals surface area contributed by atoms with Crippen molar-refractivity contribution >= 4 is 11.6 Å². The highest BCUT2D eigenvalue weighted by Gasteiger charge is 2.17. The number of halogens is 1. The average molecular weight is 279 g/mol. The van der Waals surface area contributed by atoms with Gasteiger partial charge in [-0.2, -0.15) is 5.10 Å². The minimum atomic E-state index is -0.574. The first-order valence-electron chi connectivity index (χ1n) is 6.57. The van der Waals surface area contributed by atoms with Crippen molar-refractivity contribution in [2.75, 3.05) is 0 Å². The van der Waals surface area contributed by atoms with E-state index in [0.717, 1.165) is 12.1 Å². The smallest absolute Gasteiger partial charge is 0.0975 e. The second kappa shape index (κ2) is 6.22. The molecule has 19 heavy (non-hydrogen) atoms. The number of aliphatic hydroxyl groups is 1. The topological polar surface area (TPSA) is 38.0 Å². The van der Waals surface area contributed by atoms with E-state index in [9.17, 15) is 5.11 Å². The molecule has 0 radical (unpaired) electrons. The Morgan fingerprint density at radius 2 is 2.11 bits per heavy atom. The van der Waals surface area contributed by atoms with Crippen molar-refractivity contribution in [3.63, 3.8) is 0 Å². The minimum Gasteiger partial charge on any atom is -0.387 e. The molecule has 1 aromatic carbocycles. The Bertz CT molecular complexity index is 551. The van der Waals surface area contributed by atoms with Gasteiger partial charge in [-0.05, 0) is 37.8 Å². The molecular formula is C15H19ClN2O. The molecule has 102 valence electrons. The van der Waals surface area contributed by atoms with E-state index in [4.69, 9.17) is 11.6 Å². The lowest BCUT2D eigenvalue weighted by molar-refractivity contribution is 0.157. The highest BCUT2D eigenvalue weighted by atomic mass is 35.5. The second-order valence-corrected chi connectivity index (χ2v) is 5.08. The summed E-state index contributed by atoms with van der Waals surface area (Å²) in [4.78, 5) is 0. The molecule has 1 atom stereocenters. The average Bonchev–Trinajstić information content (AvgIpc) is 2.78. The lowest BCUT2D eigenvalue weighted by Gasteiger charge is -2.14. The number of hydrogen-bond donors (Lipinski definition) is 1. The molecule has 1 aromatic heterocycles. The largest absolute Gasteiger partial charge is 0.387 e. The number of aliphatic hydroxyl groups excluding tert-OH is 1. The zero-order chi connectivity index (χ0) is 13.8. The Morgan fingerprint density at radius 3 is 2.79 bits per heavy atom. The molecule has 3 nitrogen and oxygen atoms in total. The molecule has 0 bridgehead atoms. The first-order valence-corrected chi connectivity index (χ1v) is 6.95. The van der Waals surface area contributed by atoms with Crippen molar-refractivity contribution in [1.82, 2.24) is 9.78 Å². The molecule has 0 saturated carbocycles. The van der Waals surface area contributed by atoms with Gasteiger partial charge in [-0.25, -0.2) is 0 Å². The van der Waals surface area contributed by atoms with E-state index in [-0.39, 0.29) is 0 Å². The van der Waals surface area contributed by atoms with Gasteiger partial charge in [0.1, 0.15) is 0 Å². The van der Waals surface area contributed by atoms with Crippen molar-refractivity contribution in [2.45, 2.75) is 39.3 Å². The quantitative estimate of drug-likeness (QED) is 0.909. The molecule has 2 aromatic rings. The van der Waals surface area contributed by atoms with Crippen molar-refractivity contribution in [3.8, 4) is 0 Å². The highest BCUT2D eigenvalue weighted by molar-refractivity contribution is 6.31. The summed E-state index contributed by atoms with van der Waals surface area (Å²) in [6.45, 7) is 4.79. The Balaban J connectivity index is 2.07. The van der Waals surface area contributed by atoms with Crippen LogP contribution in [0.3, 0.4) is 0 Å². The Labute approximate surface area is 118 Å². The zero-order valence-corrected chi connectivity index (χ0v) is 12.1. The van der Waals surface area contributed by atoms with Crippen LogP contribution in [0.4, 0.5) is 0 Å². The van der Waals surface area contributed by atoms with Crippen LogP contribution in [0.25, 0.3) is 0 Å². The van der Waals surface area contributed by atoms with Crippen molar-refractivity contribution in [3.05, 3.63) is 52.3 Å². The van der Waals surface area contributed by atoms with Gasteiger partial charge in [0, 0.05) is 6.54 Å². The van der Waals surface area contributed by atoms with Gasteiger partial charge in [-0.15, -0.1) is 0 Å². The zero-order valence-electron chi connectivity index (χ0n) is 11.3. The minimum absolute atomic E-state index is 0.541. The van der Waals surface area contributed by atoms with Crippen molar-refractivity contribution in [2.24, 2.45) is 0 Å². The summed E-state index contributed by atoms with van der Waals surface area (Å²) in [6.07, 6.45) is 2.50. The van der Waals surface area contributed by atoms with Gasteiger partial charge in [-0.1, -0.05) is 35.9 Å². The second-order valence-electron chi connectivity index (χ2n) is 4.67. The fraction of sp³-hybridized carbons (Fsp3) is 0.400. The van der Waals surface area contributed by atoms with Gasteiger partial charge in [0.2, 0.25) is 0 Å². The third-order valence-corrected chi connectivity index (χ3v) is 3.69. The van der Waals surface area contributed by atoms with Crippen LogP contribution in [0, 0.1) is 6.92 Å². The summed E-state index contributed by atoms with van der Waals surface area (Å²) in [5, 5.41) is 15.0. The van der Waals surface area contributed by atoms with Gasteiger partial charge in [0.05, 0.1) is 23.0 Å². The van der Waals surface area contributed by atoms with Gasteiger partial charge < -0.3 is 5.11 Å². The fourth-order valence-electron chi connectivity index (χ4n) is 2.27. The molecule has 0 aliphatic rings. The Morgan fingerprint density at radius 1 is 1.37 bits per heavy atom. The third kappa shape index (κ3) is 3.17. The summed E-state index contributed by atoms with van der Waals surface area (Å²) in [5.74, 6) is 0. The predicted molar refractivity (Wildman–Crippen MR) is 77.4 cm³/mol. The monoisotopic (exact) mass is 278 g/mol. The number of rotatable bonds is 5. The molecule has 0 saturated heterocycles. The lowest BCUT2D eigenvalue weighted by Crippen LogP contribution is -2.09. The SMILES string of the molecule is CCn1ncc(Cl)c1C(O)CCc1ccccc1C. The van der Waals surface area contributed by atoms with Crippen LogP contribution >= 0.6 is 11.6 Å². The van der Waals surface area contributed by atoms with E-state index in [0.29, 0.717) is 18.0 Å². The van der Waals surface area contributed by atoms with E-state index in [1.54, 1.807) is 10.9 Å². The maximum Gasteiger partial charge on any atom is 0.0975 e. The summed E-state index contributed by atoms with van der Waals surface area (Å²) < 4.78 is 1.75. The maximum absolute atomic E-state index is 10.3. The van der Waals surface area contributed by atoms with Crippen LogP contribution in [-0.2, 0) is 13.0 Å². The normalized spacial score (nSPS) is 12.6. The van der Waals surface area contributed by atoms with Crippen LogP contribution in [-0.4, -0.2) is 14.9 Å². The van der Waals surface area contributed by atoms with Crippen LogP contribution in [0.15, 0.2) is 30.5 Å². The van der Waals surface area contributed by atoms with Crippen molar-refractivity contribution in [1.29, 1.82) is 0 Å². The standard InChI is InChI=1S/C15H19ClN2O/c1-3-18-15(13(16)10-17-18)14(19)9-8-12-7-5-4-6-11(12)2/h4-7,10,14,19H,3,8-9H2,1-2H3. The van der Waals surface area contributed by atoms with E-state index >= 15 is 0 Å². The molecule has 0 aliphatic heterocycles. The molecular weight excluding hydrogens is 260 g/mol. The van der Waals surface area contributed by atoms with Crippen molar-refractivity contribution < 1.29 is 5.11 Å². The Kier molecular flexibility index (Phi) is 4.61. The summed E-state index contributed by atoms with van der Waals surface area (Å²) in [5.41, 5.74) is 3.24. The Hall–Kier alpha value is -1.32. The summed E-state index contributed by atoms with van der Waals surface area (Å²) in [6, 6.07) is 8.24. The molecule has 0 amide bonds. The third-order valence-electron chi connectivity index (χ3n) is 3.40. The lowest BCUT2D eigenvalue weighted by atomic mass is 10.0. The number of hydrogen-bond acceptors (Lipinski definition) is 2. The van der Waals surface area contributed by atoms with Gasteiger partial charge in [0.25, 0.3) is 0 Å². The van der Waals surface area contributed by atoms with Crippen LogP contribution in [0.1, 0.15) is 36.3 Å². The highest BCUT2D eigenvalue weighted by Crippen LogP contribution is 2.26. The number of aromatic nitrogens is 2. The maximum atomic E-state index is 10.3. The summed E-state index contributed by atoms with van der Waals surface area (Å²) in [7, 11) is 0. The molecule has 0 spiro atoms. The number of aryl methyl sites for hydroxylation is 3. The van der Waals surface area contributed by atoms with E-state index in [2.05, 4.69) is 24.2 Å². The first kappa shape index (κ1) is 14.1. The van der Waals surface area contributed by atoms with Crippen LogP contribution in [0.5, 0.6) is 0 Å². The molecule has 1 heterocycles. The molecule has 2 rings (SSSR count). The predicted octanol–water partition coefficient (Wildman–Crippen LogP) is 3.53. The van der Waals surface area contributed by atoms with E-state index in [1.165, 1.54) is 11.1 Å². The van der Waals surface area contributed by atoms with Crippen LogP contribution in [0.2, 0.25) is 5.02 Å². The van der Waals surface area contributed by atoms with E-state index < -0.39 is 6.10 Å². The number of benzene rings is 1. The molecule has 0 aliphatic carbocycles. The fourth-order valence-corrected chi connectivity index (χ4v) is 2.54.